The van der Waals surface area contributed by atoms with Crippen molar-refractivity contribution in [1.29, 1.82) is 0 Å². The molecule has 2 aromatic carbocycles. The van der Waals surface area contributed by atoms with Gasteiger partial charge in [0.15, 0.2) is 11.5 Å². The van der Waals surface area contributed by atoms with Crippen LogP contribution in [0.25, 0.3) is 27.7 Å². The highest BCUT2D eigenvalue weighted by atomic mass is 19.1. The number of hydrogen-bond donors (Lipinski definition) is 2. The van der Waals surface area contributed by atoms with Gasteiger partial charge in [0, 0.05) is 35.9 Å². The maximum absolute atomic E-state index is 15.3. The minimum Gasteiger partial charge on any atom is -0.439 e. The van der Waals surface area contributed by atoms with E-state index >= 15 is 4.39 Å². The molecule has 0 aliphatic carbocycles. The second kappa shape index (κ2) is 9.91. The van der Waals surface area contributed by atoms with Crippen LogP contribution in [0.1, 0.15) is 5.56 Å². The Morgan fingerprint density at radius 3 is 2.80 bits per heavy atom. The predicted octanol–water partition coefficient (Wildman–Crippen LogP) is 5.18. The third kappa shape index (κ3) is 4.58. The summed E-state index contributed by atoms with van der Waals surface area (Å²) in [5, 5.41) is 14.4. The minimum atomic E-state index is -0.549. The van der Waals surface area contributed by atoms with Crippen molar-refractivity contribution >= 4 is 39.8 Å². The number of anilines is 3. The van der Waals surface area contributed by atoms with E-state index in [9.17, 15) is 4.79 Å². The summed E-state index contributed by atoms with van der Waals surface area (Å²) in [6.07, 6.45) is 7.32. The van der Waals surface area contributed by atoms with Crippen LogP contribution in [-0.4, -0.2) is 40.0 Å². The van der Waals surface area contributed by atoms with E-state index in [0.29, 0.717) is 45.1 Å². The summed E-state index contributed by atoms with van der Waals surface area (Å²) >= 11 is 0. The molecular weight excluding hydrogens is 513 g/mol. The lowest BCUT2D eigenvalue weighted by Gasteiger charge is -2.12. The monoisotopic (exact) mass is 535 g/mol. The van der Waals surface area contributed by atoms with Gasteiger partial charge in [0.2, 0.25) is 11.8 Å². The third-order valence-corrected chi connectivity index (χ3v) is 6.31. The first-order valence-electron chi connectivity index (χ1n) is 12.1. The van der Waals surface area contributed by atoms with E-state index in [2.05, 4.69) is 42.4 Å². The number of aryl methyl sites for hydroxylation is 2. The molecule has 2 N–H and O–H groups in total. The van der Waals surface area contributed by atoms with Gasteiger partial charge in [-0.05, 0) is 54.5 Å². The third-order valence-electron chi connectivity index (χ3n) is 6.31. The summed E-state index contributed by atoms with van der Waals surface area (Å²) in [6, 6.07) is 12.7. The summed E-state index contributed by atoms with van der Waals surface area (Å²) in [5.74, 6) is 0.596. The lowest BCUT2D eigenvalue weighted by atomic mass is 10.1. The number of amides is 1. The molecule has 0 bridgehead atoms. The summed E-state index contributed by atoms with van der Waals surface area (Å²) < 4.78 is 24.5. The number of fused-ring (bicyclic) bond motifs is 2. The second-order valence-electron chi connectivity index (χ2n) is 8.99. The van der Waals surface area contributed by atoms with Crippen LogP contribution in [0.3, 0.4) is 0 Å². The molecule has 0 fully saturated rings. The van der Waals surface area contributed by atoms with Gasteiger partial charge in [0.05, 0.1) is 5.52 Å². The van der Waals surface area contributed by atoms with E-state index < -0.39 is 11.7 Å². The molecule has 4 aromatic heterocycles. The zero-order chi connectivity index (χ0) is 27.8. The van der Waals surface area contributed by atoms with Crippen molar-refractivity contribution in [2.75, 3.05) is 10.6 Å². The highest BCUT2D eigenvalue weighted by Gasteiger charge is 2.18. The van der Waals surface area contributed by atoms with Crippen molar-refractivity contribution in [1.82, 2.24) is 34.1 Å². The molecule has 6 rings (SSSR count). The fraction of sp³-hybridized carbons (Fsp3) is 0.0714. The SMILES string of the molecule is C=CC(=O)Nc1c(F)c(-c2ccc3ncnc(Nc4ccc(Oc5cc6nncn6cn5)c(C)c4)c3c2)cn1C. The smallest absolute Gasteiger partial charge is 0.248 e. The maximum atomic E-state index is 15.3. The Labute approximate surface area is 227 Å². The fourth-order valence-corrected chi connectivity index (χ4v) is 4.29. The standard InChI is InChI=1S/C28H22FN9O2/c1-4-24(39)35-28-26(29)20(12-37(28)3)17-5-7-21-19(10-17)27(31-13-30-21)34-18-6-8-22(16(2)9-18)40-25-11-23-36-33-15-38(23)14-32-25/h4-15H,1H2,2-3H3,(H,35,39)(H,30,31,34). The second-order valence-corrected chi connectivity index (χ2v) is 8.99. The van der Waals surface area contributed by atoms with Crippen molar-refractivity contribution in [3.05, 3.63) is 91.7 Å². The molecule has 0 saturated heterocycles. The Kier molecular flexibility index (Phi) is 6.11. The molecule has 12 heteroatoms. The van der Waals surface area contributed by atoms with Crippen LogP contribution in [0.5, 0.6) is 11.6 Å². The van der Waals surface area contributed by atoms with Crippen LogP contribution >= 0.6 is 0 Å². The molecule has 1 amide bonds. The molecule has 0 atom stereocenters. The number of halogens is 1. The first kappa shape index (κ1) is 24.7. The molecule has 4 heterocycles. The Morgan fingerprint density at radius 2 is 1.98 bits per heavy atom. The molecule has 198 valence electrons. The average molecular weight is 536 g/mol. The first-order valence-corrected chi connectivity index (χ1v) is 12.1. The number of benzene rings is 2. The molecule has 6 aromatic rings. The summed E-state index contributed by atoms with van der Waals surface area (Å²) in [6.45, 7) is 5.34. The molecule has 0 saturated carbocycles. The Morgan fingerprint density at radius 1 is 1.10 bits per heavy atom. The minimum absolute atomic E-state index is 0.0528. The number of hydrogen-bond acceptors (Lipinski definition) is 8. The van der Waals surface area contributed by atoms with Gasteiger partial charge in [-0.2, -0.15) is 0 Å². The van der Waals surface area contributed by atoms with Gasteiger partial charge < -0.3 is 19.9 Å². The molecule has 0 aliphatic rings. The van der Waals surface area contributed by atoms with Crippen LogP contribution < -0.4 is 15.4 Å². The normalized spacial score (nSPS) is 11.1. The van der Waals surface area contributed by atoms with Crippen molar-refractivity contribution in [3.8, 4) is 22.8 Å². The quantitative estimate of drug-likeness (QED) is 0.268. The average Bonchev–Trinajstić information content (AvgIpc) is 3.54. The zero-order valence-electron chi connectivity index (χ0n) is 21.5. The topological polar surface area (TPSA) is 124 Å². The maximum Gasteiger partial charge on any atom is 0.248 e. The highest BCUT2D eigenvalue weighted by molar-refractivity contribution is 5.99. The number of aromatic nitrogens is 7. The lowest BCUT2D eigenvalue weighted by molar-refractivity contribution is -0.111. The molecule has 0 aliphatic heterocycles. The Bertz CT molecular complexity index is 1930. The largest absolute Gasteiger partial charge is 0.439 e. The predicted molar refractivity (Wildman–Crippen MR) is 148 cm³/mol. The van der Waals surface area contributed by atoms with Crippen molar-refractivity contribution < 1.29 is 13.9 Å². The van der Waals surface area contributed by atoms with E-state index in [1.807, 2.05) is 31.2 Å². The molecule has 0 unspecified atom stereocenters. The van der Waals surface area contributed by atoms with E-state index in [0.717, 1.165) is 17.3 Å². The van der Waals surface area contributed by atoms with E-state index in [1.165, 1.54) is 10.9 Å². The summed E-state index contributed by atoms with van der Waals surface area (Å²) in [5.41, 5.74) is 3.89. The van der Waals surface area contributed by atoms with Crippen LogP contribution in [0.4, 0.5) is 21.7 Å². The number of ether oxygens (including phenoxy) is 1. The lowest BCUT2D eigenvalue weighted by Crippen LogP contribution is -2.11. The van der Waals surface area contributed by atoms with Gasteiger partial charge in [-0.25, -0.2) is 19.3 Å². The Balaban J connectivity index is 1.29. The van der Waals surface area contributed by atoms with Crippen LogP contribution in [0.15, 0.2) is 80.3 Å². The van der Waals surface area contributed by atoms with E-state index in [4.69, 9.17) is 4.74 Å². The number of carbonyl (C=O) groups is 1. The van der Waals surface area contributed by atoms with Crippen molar-refractivity contribution in [2.45, 2.75) is 6.92 Å². The van der Waals surface area contributed by atoms with Crippen LogP contribution in [-0.2, 0) is 11.8 Å². The van der Waals surface area contributed by atoms with E-state index in [1.54, 1.807) is 48.5 Å². The van der Waals surface area contributed by atoms with Gasteiger partial charge in [0.25, 0.3) is 0 Å². The van der Waals surface area contributed by atoms with Gasteiger partial charge >= 0.3 is 0 Å². The van der Waals surface area contributed by atoms with Crippen LogP contribution in [0.2, 0.25) is 0 Å². The zero-order valence-corrected chi connectivity index (χ0v) is 21.5. The van der Waals surface area contributed by atoms with Crippen molar-refractivity contribution in [3.63, 3.8) is 0 Å². The van der Waals surface area contributed by atoms with Crippen LogP contribution in [0, 0.1) is 12.7 Å². The number of nitrogens with one attached hydrogen (secondary N) is 2. The molecule has 11 nitrogen and oxygen atoms in total. The van der Waals surface area contributed by atoms with Gasteiger partial charge in [-0.15, -0.1) is 10.2 Å². The van der Waals surface area contributed by atoms with Gasteiger partial charge in [-0.3, -0.25) is 9.20 Å². The summed E-state index contributed by atoms with van der Waals surface area (Å²) in [7, 11) is 1.65. The van der Waals surface area contributed by atoms with Gasteiger partial charge in [-0.1, -0.05) is 12.6 Å². The van der Waals surface area contributed by atoms with Crippen molar-refractivity contribution in [2.24, 2.45) is 7.05 Å². The number of nitrogens with zero attached hydrogens (tertiary/aromatic N) is 7. The van der Waals surface area contributed by atoms with E-state index in [-0.39, 0.29) is 5.82 Å². The number of carbonyl (C=O) groups excluding carboxylic acids is 1. The Hall–Kier alpha value is -5.65. The van der Waals surface area contributed by atoms with Gasteiger partial charge in [0.1, 0.15) is 36.4 Å². The molecule has 0 radical (unpaired) electrons. The summed E-state index contributed by atoms with van der Waals surface area (Å²) in [4.78, 5) is 24.8. The fourth-order valence-electron chi connectivity index (χ4n) is 4.29. The molecule has 40 heavy (non-hydrogen) atoms. The molecular formula is C28H22FN9O2. The first-order chi connectivity index (χ1) is 19.4. The molecule has 0 spiro atoms. The number of rotatable bonds is 7. The highest BCUT2D eigenvalue weighted by Crippen LogP contribution is 2.34.